The summed E-state index contributed by atoms with van der Waals surface area (Å²) in [6.07, 6.45) is -1.77. The molecule has 2 aromatic carbocycles. The maximum Gasteiger partial charge on any atom is 0.204 e. The van der Waals surface area contributed by atoms with E-state index in [9.17, 15) is 24.1 Å². The molecule has 1 aromatic heterocycles. The first-order valence-corrected chi connectivity index (χ1v) is 11.1. The molecular formula is C24H25F2N3O5. The van der Waals surface area contributed by atoms with E-state index in [1.165, 1.54) is 23.9 Å². The first-order valence-electron chi connectivity index (χ1n) is 11.1. The van der Waals surface area contributed by atoms with Gasteiger partial charge in [-0.15, -0.1) is 5.10 Å². The summed E-state index contributed by atoms with van der Waals surface area (Å²) in [6, 6.07) is 10.8. The Morgan fingerprint density at radius 2 is 1.94 bits per heavy atom. The summed E-state index contributed by atoms with van der Waals surface area (Å²) in [7, 11) is 0. The van der Waals surface area contributed by atoms with Crippen LogP contribution in [0, 0.1) is 18.6 Å². The fraction of sp³-hybridized carbons (Fsp3) is 0.417. The second kappa shape index (κ2) is 8.79. The van der Waals surface area contributed by atoms with Crippen LogP contribution < -0.4 is 0 Å². The van der Waals surface area contributed by atoms with E-state index in [2.05, 4.69) is 10.3 Å². The van der Waals surface area contributed by atoms with Gasteiger partial charge >= 0.3 is 0 Å². The lowest BCUT2D eigenvalue weighted by molar-refractivity contribution is -0.344. The molecule has 34 heavy (non-hydrogen) atoms. The number of halogens is 2. The van der Waals surface area contributed by atoms with Crippen molar-refractivity contribution in [2.75, 3.05) is 13.2 Å². The molecule has 0 radical (unpaired) electrons. The van der Waals surface area contributed by atoms with Gasteiger partial charge in [-0.05, 0) is 36.6 Å². The molecule has 2 aliphatic heterocycles. The predicted molar refractivity (Wildman–Crippen MR) is 116 cm³/mol. The molecule has 1 unspecified atom stereocenters. The molecule has 0 amide bonds. The van der Waals surface area contributed by atoms with Gasteiger partial charge in [0.25, 0.3) is 0 Å². The Bertz CT molecular complexity index is 1150. The lowest BCUT2D eigenvalue weighted by Gasteiger charge is -2.49. The van der Waals surface area contributed by atoms with E-state index >= 15 is 0 Å². The van der Waals surface area contributed by atoms with Crippen molar-refractivity contribution in [3.63, 3.8) is 0 Å². The maximum absolute atomic E-state index is 13.9. The molecule has 3 aromatic rings. The average molecular weight is 473 g/mol. The summed E-state index contributed by atoms with van der Waals surface area (Å²) in [5, 5.41) is 40.5. The van der Waals surface area contributed by atoms with Crippen molar-refractivity contribution in [2.24, 2.45) is 0 Å². The van der Waals surface area contributed by atoms with Crippen LogP contribution in [0.5, 0.6) is 0 Å². The van der Waals surface area contributed by atoms with Crippen LogP contribution in [0.2, 0.25) is 0 Å². The number of ether oxygens (including phenoxy) is 2. The van der Waals surface area contributed by atoms with E-state index in [0.29, 0.717) is 18.6 Å². The van der Waals surface area contributed by atoms with Gasteiger partial charge in [-0.2, -0.15) is 0 Å². The Morgan fingerprint density at radius 3 is 2.65 bits per heavy atom. The molecule has 8 nitrogen and oxygen atoms in total. The predicted octanol–water partition coefficient (Wildman–Crippen LogP) is 2.09. The molecule has 0 bridgehead atoms. The highest BCUT2D eigenvalue weighted by Crippen LogP contribution is 2.50. The van der Waals surface area contributed by atoms with Crippen molar-refractivity contribution < 1.29 is 33.6 Å². The van der Waals surface area contributed by atoms with Gasteiger partial charge in [0.2, 0.25) is 5.79 Å². The van der Waals surface area contributed by atoms with Gasteiger partial charge in [0.1, 0.15) is 30.0 Å². The van der Waals surface area contributed by atoms with Gasteiger partial charge in [-0.3, -0.25) is 0 Å². The van der Waals surface area contributed by atoms with Gasteiger partial charge in [0.15, 0.2) is 11.6 Å². The molecule has 2 fully saturated rings. The molecule has 1 spiro atoms. The molecule has 5 rings (SSSR count). The lowest BCUT2D eigenvalue weighted by atomic mass is 9.80. The number of aromatic nitrogens is 3. The highest BCUT2D eigenvalue weighted by atomic mass is 19.2. The zero-order valence-electron chi connectivity index (χ0n) is 18.4. The Balaban J connectivity index is 1.54. The fourth-order valence-electron chi connectivity index (χ4n) is 5.03. The van der Waals surface area contributed by atoms with Crippen molar-refractivity contribution in [3.8, 4) is 11.3 Å². The zero-order chi connectivity index (χ0) is 24.0. The van der Waals surface area contributed by atoms with Crippen LogP contribution in [0.3, 0.4) is 0 Å². The van der Waals surface area contributed by atoms with Crippen molar-refractivity contribution in [1.82, 2.24) is 15.0 Å². The third-order valence-corrected chi connectivity index (χ3v) is 6.73. The summed E-state index contributed by atoms with van der Waals surface area (Å²) in [5.74, 6) is -3.84. The smallest absolute Gasteiger partial charge is 0.204 e. The van der Waals surface area contributed by atoms with E-state index in [1.54, 1.807) is 0 Å². The minimum atomic E-state index is -1.52. The lowest BCUT2D eigenvalue weighted by Crippen LogP contribution is -2.64. The maximum atomic E-state index is 13.9. The summed E-state index contributed by atoms with van der Waals surface area (Å²) in [6.45, 7) is 1.24. The van der Waals surface area contributed by atoms with Crippen LogP contribution in [0.1, 0.15) is 29.5 Å². The van der Waals surface area contributed by atoms with Crippen LogP contribution in [0.4, 0.5) is 8.78 Å². The topological polar surface area (TPSA) is 110 Å². The monoisotopic (exact) mass is 473 g/mol. The third-order valence-electron chi connectivity index (χ3n) is 6.73. The number of hydrogen-bond donors (Lipinski definition) is 3. The molecule has 10 heteroatoms. The number of nitrogens with zero attached hydrogens (tertiary/aromatic N) is 3. The first-order chi connectivity index (χ1) is 16.4. The van der Waals surface area contributed by atoms with Crippen LogP contribution >= 0.6 is 0 Å². The molecule has 3 N–H and O–H groups in total. The third kappa shape index (κ3) is 3.62. The van der Waals surface area contributed by atoms with Crippen molar-refractivity contribution in [2.45, 2.75) is 49.4 Å². The van der Waals surface area contributed by atoms with Gasteiger partial charge in [-0.25, -0.2) is 13.5 Å². The number of benzene rings is 2. The Labute approximate surface area is 194 Å². The largest absolute Gasteiger partial charge is 0.394 e. The van der Waals surface area contributed by atoms with Crippen molar-refractivity contribution in [1.29, 1.82) is 0 Å². The summed E-state index contributed by atoms with van der Waals surface area (Å²) in [4.78, 5) is 0. The number of rotatable bonds is 4. The standard InChI is InChI=1S/C24H25F2N3O5/c1-13-9-15(10-17(25)20(13)26)18-11-29(28-27-18)21-22(31)19(12-30)34-24(23(21)32)16(7-8-33-24)14-5-3-2-4-6-14/h2-6,9-11,16,19,21-23,30-32H,7-8,12H2,1H3/t16?,19-,21+,22+,23-,24+/m1/s1. The SMILES string of the molecule is Cc1cc(-c2cn([C@H]3[C@@H](O)[C@@H](CO)O[C@]4(OCCC4c4ccccc4)[C@@H]3O)nn2)cc(F)c1F. The van der Waals surface area contributed by atoms with Crippen LogP contribution in [0.25, 0.3) is 11.3 Å². The summed E-state index contributed by atoms with van der Waals surface area (Å²) < 4.78 is 40.9. The molecule has 2 aliphatic rings. The van der Waals surface area contributed by atoms with E-state index in [0.717, 1.165) is 11.6 Å². The summed E-state index contributed by atoms with van der Waals surface area (Å²) >= 11 is 0. The van der Waals surface area contributed by atoms with E-state index in [-0.39, 0.29) is 17.2 Å². The van der Waals surface area contributed by atoms with Gasteiger partial charge in [0, 0.05) is 11.5 Å². The minimum Gasteiger partial charge on any atom is -0.394 e. The second-order valence-electron chi connectivity index (χ2n) is 8.76. The van der Waals surface area contributed by atoms with Gasteiger partial charge in [-0.1, -0.05) is 35.5 Å². The molecule has 2 saturated heterocycles. The zero-order valence-corrected chi connectivity index (χ0v) is 18.4. The van der Waals surface area contributed by atoms with E-state index < -0.39 is 48.4 Å². The highest BCUT2D eigenvalue weighted by molar-refractivity contribution is 5.59. The highest BCUT2D eigenvalue weighted by Gasteiger charge is 2.61. The summed E-state index contributed by atoms with van der Waals surface area (Å²) in [5.41, 5.74) is 1.53. The molecule has 0 saturated carbocycles. The second-order valence-corrected chi connectivity index (χ2v) is 8.76. The Kier molecular flexibility index (Phi) is 5.95. The molecule has 6 atom stereocenters. The van der Waals surface area contributed by atoms with Gasteiger partial charge < -0.3 is 24.8 Å². The van der Waals surface area contributed by atoms with Gasteiger partial charge in [0.05, 0.1) is 19.4 Å². The van der Waals surface area contributed by atoms with Crippen molar-refractivity contribution >= 4 is 0 Å². The fourth-order valence-corrected chi connectivity index (χ4v) is 5.03. The minimum absolute atomic E-state index is 0.111. The number of aliphatic hydroxyl groups is 3. The molecule has 0 aliphatic carbocycles. The van der Waals surface area contributed by atoms with E-state index in [4.69, 9.17) is 9.47 Å². The number of aryl methyl sites for hydroxylation is 1. The normalized spacial score (nSPS) is 31.3. The number of hydrogen-bond acceptors (Lipinski definition) is 7. The van der Waals surface area contributed by atoms with Crippen molar-refractivity contribution in [3.05, 3.63) is 71.4 Å². The Morgan fingerprint density at radius 1 is 1.18 bits per heavy atom. The Hall–Kier alpha value is -2.76. The average Bonchev–Trinajstić information content (AvgIpc) is 3.49. The molecule has 180 valence electrons. The van der Waals surface area contributed by atoms with Crippen LogP contribution in [-0.4, -0.2) is 67.6 Å². The van der Waals surface area contributed by atoms with Crippen LogP contribution in [-0.2, 0) is 9.47 Å². The van der Waals surface area contributed by atoms with E-state index in [1.807, 2.05) is 30.3 Å². The molecular weight excluding hydrogens is 448 g/mol. The quantitative estimate of drug-likeness (QED) is 0.532. The molecule has 3 heterocycles. The first kappa shape index (κ1) is 23.0. The number of aliphatic hydroxyl groups excluding tert-OH is 3. The van der Waals surface area contributed by atoms with Crippen LogP contribution in [0.15, 0.2) is 48.7 Å².